The topological polar surface area (TPSA) is 43.9 Å². The molecule has 222 valence electrons. The maximum absolute atomic E-state index is 14.0. The molecule has 2 amide bonds. The van der Waals surface area contributed by atoms with Crippen molar-refractivity contribution in [2.45, 2.75) is 18.9 Å². The second kappa shape index (κ2) is 14.2. The fraction of sp³-hybridized carbons (Fsp3) is 0.231. The van der Waals surface area contributed by atoms with Crippen LogP contribution in [0.5, 0.6) is 0 Å². The third kappa shape index (κ3) is 6.90. The van der Waals surface area contributed by atoms with Gasteiger partial charge in [-0.3, -0.25) is 14.5 Å². The first kappa shape index (κ1) is 29.3. The molecule has 1 aliphatic rings. The number of nitrogens with zero attached hydrogens (tertiary/aromatic N) is 3. The molecule has 0 radical (unpaired) electrons. The van der Waals surface area contributed by atoms with Crippen molar-refractivity contribution in [1.82, 2.24) is 14.7 Å². The molecule has 5 aromatic carbocycles. The van der Waals surface area contributed by atoms with E-state index < -0.39 is 0 Å². The predicted molar refractivity (Wildman–Crippen MR) is 177 cm³/mol. The molecule has 5 aromatic rings. The lowest BCUT2D eigenvalue weighted by molar-refractivity contribution is -0.133. The molecule has 0 saturated carbocycles. The summed E-state index contributed by atoms with van der Waals surface area (Å²) in [6, 6.07) is 45.5. The van der Waals surface area contributed by atoms with Gasteiger partial charge < -0.3 is 9.80 Å². The monoisotopic (exact) mass is 581 g/mol. The first-order chi connectivity index (χ1) is 21.7. The number of hydrogen-bond acceptors (Lipinski definition) is 3. The minimum Gasteiger partial charge on any atom is -0.340 e. The Hall–Kier alpha value is -4.74. The highest BCUT2D eigenvalue weighted by Gasteiger charge is 2.28. The number of carbonyl (C=O) groups is 2. The molecular formula is C39H39N3O2. The lowest BCUT2D eigenvalue weighted by Gasteiger charge is -2.40. The zero-order valence-electron chi connectivity index (χ0n) is 25.1. The van der Waals surface area contributed by atoms with Gasteiger partial charge in [0.05, 0.1) is 6.04 Å². The van der Waals surface area contributed by atoms with E-state index in [-0.39, 0.29) is 17.9 Å². The Morgan fingerprint density at radius 1 is 0.614 bits per heavy atom. The molecule has 44 heavy (non-hydrogen) atoms. The second-order valence-corrected chi connectivity index (χ2v) is 11.4. The Kier molecular flexibility index (Phi) is 9.44. The Labute approximate surface area is 260 Å². The SMILES string of the molecule is O=C(CCN(CCc1ccccc1)C(=O)c1cccc2ccccc12)N1CCN(C(c2ccccc2)c2ccccc2)CC1. The van der Waals surface area contributed by atoms with Gasteiger partial charge in [-0.25, -0.2) is 0 Å². The van der Waals surface area contributed by atoms with E-state index >= 15 is 0 Å². The van der Waals surface area contributed by atoms with Crippen molar-refractivity contribution in [2.75, 3.05) is 39.3 Å². The minimum atomic E-state index is -0.0242. The van der Waals surface area contributed by atoms with Gasteiger partial charge in [-0.15, -0.1) is 0 Å². The average Bonchev–Trinajstić information content (AvgIpc) is 3.09. The summed E-state index contributed by atoms with van der Waals surface area (Å²) < 4.78 is 0. The molecule has 0 aromatic heterocycles. The highest BCUT2D eigenvalue weighted by molar-refractivity contribution is 6.07. The molecule has 5 heteroatoms. The average molecular weight is 582 g/mol. The van der Waals surface area contributed by atoms with Crippen LogP contribution in [0.15, 0.2) is 133 Å². The van der Waals surface area contributed by atoms with Crippen molar-refractivity contribution in [1.29, 1.82) is 0 Å². The van der Waals surface area contributed by atoms with Crippen molar-refractivity contribution in [3.8, 4) is 0 Å². The molecule has 0 unspecified atom stereocenters. The second-order valence-electron chi connectivity index (χ2n) is 11.4. The highest BCUT2D eigenvalue weighted by Crippen LogP contribution is 2.29. The smallest absolute Gasteiger partial charge is 0.254 e. The number of carbonyl (C=O) groups excluding carboxylic acids is 2. The fourth-order valence-corrected chi connectivity index (χ4v) is 6.31. The van der Waals surface area contributed by atoms with Crippen LogP contribution < -0.4 is 0 Å². The van der Waals surface area contributed by atoms with Crippen LogP contribution in [0.25, 0.3) is 10.8 Å². The third-order valence-corrected chi connectivity index (χ3v) is 8.68. The summed E-state index contributed by atoms with van der Waals surface area (Å²) >= 11 is 0. The summed E-state index contributed by atoms with van der Waals surface area (Å²) in [6.45, 7) is 3.90. The van der Waals surface area contributed by atoms with Gasteiger partial charge in [0, 0.05) is 51.3 Å². The largest absolute Gasteiger partial charge is 0.340 e. The number of benzene rings is 5. The van der Waals surface area contributed by atoms with Gasteiger partial charge in [0.15, 0.2) is 0 Å². The molecule has 1 saturated heterocycles. The van der Waals surface area contributed by atoms with Crippen LogP contribution in [0, 0.1) is 0 Å². The Balaban J connectivity index is 1.13. The van der Waals surface area contributed by atoms with Gasteiger partial charge >= 0.3 is 0 Å². The molecule has 0 atom stereocenters. The van der Waals surface area contributed by atoms with E-state index in [2.05, 4.69) is 77.7 Å². The normalized spacial score (nSPS) is 13.7. The van der Waals surface area contributed by atoms with E-state index in [9.17, 15) is 9.59 Å². The van der Waals surface area contributed by atoms with Crippen LogP contribution in [0.3, 0.4) is 0 Å². The Morgan fingerprint density at radius 3 is 1.84 bits per heavy atom. The van der Waals surface area contributed by atoms with Gasteiger partial charge in [-0.05, 0) is 39.9 Å². The van der Waals surface area contributed by atoms with E-state index in [1.807, 2.05) is 70.5 Å². The number of amides is 2. The quantitative estimate of drug-likeness (QED) is 0.181. The molecule has 5 nitrogen and oxygen atoms in total. The van der Waals surface area contributed by atoms with E-state index in [4.69, 9.17) is 0 Å². The predicted octanol–water partition coefficient (Wildman–Crippen LogP) is 6.85. The van der Waals surface area contributed by atoms with Crippen molar-refractivity contribution in [3.63, 3.8) is 0 Å². The van der Waals surface area contributed by atoms with Crippen LogP contribution >= 0.6 is 0 Å². The number of fused-ring (bicyclic) bond motifs is 1. The summed E-state index contributed by atoms with van der Waals surface area (Å²) in [5.41, 5.74) is 4.39. The van der Waals surface area contributed by atoms with Crippen molar-refractivity contribution < 1.29 is 9.59 Å². The van der Waals surface area contributed by atoms with E-state index in [1.54, 1.807) is 0 Å². The first-order valence-electron chi connectivity index (χ1n) is 15.6. The highest BCUT2D eigenvalue weighted by atomic mass is 16.2. The van der Waals surface area contributed by atoms with Crippen LogP contribution in [0.2, 0.25) is 0 Å². The Bertz CT molecular complexity index is 1620. The molecule has 1 aliphatic heterocycles. The molecule has 0 N–H and O–H groups in total. The Morgan fingerprint density at radius 2 is 1.18 bits per heavy atom. The van der Waals surface area contributed by atoms with E-state index in [0.717, 1.165) is 30.3 Å². The van der Waals surface area contributed by atoms with Gasteiger partial charge in [0.2, 0.25) is 5.91 Å². The van der Waals surface area contributed by atoms with Crippen molar-refractivity contribution in [3.05, 3.63) is 156 Å². The standard InChI is InChI=1S/C39H39N3O2/c43-37(40-27-29-41(30-28-40)38(33-16-6-2-7-17-33)34-18-8-3-9-19-34)24-26-42(25-23-31-13-4-1-5-14-31)39(44)36-22-12-20-32-15-10-11-21-35(32)36/h1-22,38H,23-30H2. The summed E-state index contributed by atoms with van der Waals surface area (Å²) in [5.74, 6) is 0.0833. The number of rotatable bonds is 10. The van der Waals surface area contributed by atoms with Crippen LogP contribution in [-0.4, -0.2) is 65.8 Å². The summed E-state index contributed by atoms with van der Waals surface area (Å²) in [7, 11) is 0. The van der Waals surface area contributed by atoms with E-state index in [1.165, 1.54) is 16.7 Å². The molecule has 1 heterocycles. The molecular weight excluding hydrogens is 542 g/mol. The number of piperazine rings is 1. The maximum Gasteiger partial charge on any atom is 0.254 e. The number of hydrogen-bond donors (Lipinski definition) is 0. The zero-order valence-corrected chi connectivity index (χ0v) is 25.1. The summed E-state index contributed by atoms with van der Waals surface area (Å²) in [6.07, 6.45) is 1.05. The summed E-state index contributed by atoms with van der Waals surface area (Å²) in [5, 5.41) is 1.98. The summed E-state index contributed by atoms with van der Waals surface area (Å²) in [4.78, 5) is 33.8. The van der Waals surface area contributed by atoms with Crippen LogP contribution in [-0.2, 0) is 11.2 Å². The molecule has 0 aliphatic carbocycles. The maximum atomic E-state index is 14.0. The lowest BCUT2D eigenvalue weighted by Crippen LogP contribution is -2.50. The van der Waals surface area contributed by atoms with Gasteiger partial charge in [0.25, 0.3) is 5.91 Å². The van der Waals surface area contributed by atoms with Gasteiger partial charge in [0.1, 0.15) is 0 Å². The molecule has 6 rings (SSSR count). The minimum absolute atomic E-state index is 0.0242. The van der Waals surface area contributed by atoms with E-state index in [0.29, 0.717) is 38.2 Å². The molecule has 0 spiro atoms. The third-order valence-electron chi connectivity index (χ3n) is 8.68. The zero-order chi connectivity index (χ0) is 30.1. The van der Waals surface area contributed by atoms with Crippen LogP contribution in [0.4, 0.5) is 0 Å². The fourth-order valence-electron chi connectivity index (χ4n) is 6.31. The lowest BCUT2D eigenvalue weighted by atomic mass is 9.96. The molecule has 0 bridgehead atoms. The van der Waals surface area contributed by atoms with Gasteiger partial charge in [-0.1, -0.05) is 127 Å². The van der Waals surface area contributed by atoms with Crippen molar-refractivity contribution >= 4 is 22.6 Å². The van der Waals surface area contributed by atoms with Crippen molar-refractivity contribution in [2.24, 2.45) is 0 Å². The first-order valence-corrected chi connectivity index (χ1v) is 15.6. The van der Waals surface area contributed by atoms with Crippen LogP contribution in [0.1, 0.15) is 39.5 Å². The molecule has 1 fully saturated rings. The van der Waals surface area contributed by atoms with Gasteiger partial charge in [-0.2, -0.15) is 0 Å².